The Morgan fingerprint density at radius 3 is 3.05 bits per heavy atom. The molecule has 0 radical (unpaired) electrons. The van der Waals surface area contributed by atoms with Crippen LogP contribution in [0.4, 0.5) is 5.69 Å². The van der Waals surface area contributed by atoms with Crippen LogP contribution in [-0.4, -0.2) is 45.3 Å². The van der Waals surface area contributed by atoms with Gasteiger partial charge in [0.1, 0.15) is 6.04 Å². The highest BCUT2D eigenvalue weighted by atomic mass is 79.9. The zero-order chi connectivity index (χ0) is 15.2. The van der Waals surface area contributed by atoms with Crippen molar-refractivity contribution in [1.82, 2.24) is 10.6 Å². The smallest absolute Gasteiger partial charge is 0.244 e. The van der Waals surface area contributed by atoms with Crippen molar-refractivity contribution < 1.29 is 9.53 Å². The van der Waals surface area contributed by atoms with E-state index in [1.807, 2.05) is 6.07 Å². The molecule has 1 atom stereocenters. The summed E-state index contributed by atoms with van der Waals surface area (Å²) in [4.78, 5) is 14.2. The molecule has 0 aromatic heterocycles. The lowest BCUT2D eigenvalue weighted by Crippen LogP contribution is -2.53. The summed E-state index contributed by atoms with van der Waals surface area (Å²) in [5.74, 6) is -0.0101. The first-order chi connectivity index (χ1) is 10.2. The number of halogens is 1. The quantitative estimate of drug-likeness (QED) is 0.840. The van der Waals surface area contributed by atoms with Gasteiger partial charge in [-0.25, -0.2) is 0 Å². The summed E-state index contributed by atoms with van der Waals surface area (Å²) >= 11 is 3.53. The minimum atomic E-state index is -0.279. The van der Waals surface area contributed by atoms with E-state index in [4.69, 9.17) is 4.74 Å². The number of ether oxygens (including phenoxy) is 1. The van der Waals surface area contributed by atoms with Crippen LogP contribution in [0, 0.1) is 0 Å². The summed E-state index contributed by atoms with van der Waals surface area (Å²) in [5, 5.41) is 6.07. The molecule has 2 rings (SSSR count). The summed E-state index contributed by atoms with van der Waals surface area (Å²) in [7, 11) is 1.66. The molecule has 0 aliphatic carbocycles. The summed E-state index contributed by atoms with van der Waals surface area (Å²) in [5.41, 5.74) is 2.28. The Morgan fingerprint density at radius 1 is 1.52 bits per heavy atom. The number of likely N-dealkylation sites (N-methyl/N-ethyl adjacent to an activating group) is 1. The van der Waals surface area contributed by atoms with E-state index in [0.29, 0.717) is 19.8 Å². The molecule has 1 aromatic rings. The van der Waals surface area contributed by atoms with Crippen LogP contribution >= 0.6 is 15.9 Å². The maximum atomic E-state index is 12.1. The van der Waals surface area contributed by atoms with Crippen LogP contribution in [0.25, 0.3) is 0 Å². The number of nitrogens with zero attached hydrogens (tertiary/aromatic N) is 1. The second kappa shape index (κ2) is 7.77. The van der Waals surface area contributed by atoms with E-state index >= 15 is 0 Å². The molecule has 1 saturated heterocycles. The van der Waals surface area contributed by atoms with E-state index in [9.17, 15) is 4.79 Å². The zero-order valence-corrected chi connectivity index (χ0v) is 14.1. The maximum Gasteiger partial charge on any atom is 0.244 e. The molecule has 6 heteroatoms. The fraction of sp³-hybridized carbons (Fsp3) is 0.533. The lowest BCUT2D eigenvalue weighted by Gasteiger charge is -2.37. The number of amides is 1. The molecule has 5 nitrogen and oxygen atoms in total. The van der Waals surface area contributed by atoms with Gasteiger partial charge >= 0.3 is 0 Å². The molecular weight excluding hydrogens is 334 g/mol. The molecular formula is C15H22BrN3O2. The Balaban J connectivity index is 2.32. The third-order valence-electron chi connectivity index (χ3n) is 3.60. The van der Waals surface area contributed by atoms with Crippen molar-refractivity contribution >= 4 is 27.5 Å². The molecule has 0 saturated carbocycles. The van der Waals surface area contributed by atoms with E-state index in [2.05, 4.69) is 50.5 Å². The number of morpholine rings is 1. The summed E-state index contributed by atoms with van der Waals surface area (Å²) < 4.78 is 6.49. The van der Waals surface area contributed by atoms with Crippen molar-refractivity contribution in [2.45, 2.75) is 19.5 Å². The number of hydrogen-bond donors (Lipinski definition) is 2. The van der Waals surface area contributed by atoms with Crippen LogP contribution in [-0.2, 0) is 16.1 Å². The van der Waals surface area contributed by atoms with Crippen LogP contribution in [0.2, 0.25) is 0 Å². The van der Waals surface area contributed by atoms with Gasteiger partial charge in [-0.05, 0) is 24.2 Å². The van der Waals surface area contributed by atoms with Gasteiger partial charge in [-0.3, -0.25) is 4.79 Å². The van der Waals surface area contributed by atoms with Gasteiger partial charge in [0, 0.05) is 30.3 Å². The molecule has 21 heavy (non-hydrogen) atoms. The van der Waals surface area contributed by atoms with Crippen LogP contribution in [0.1, 0.15) is 12.5 Å². The Labute approximate surface area is 134 Å². The number of anilines is 1. The second-order valence-corrected chi connectivity index (χ2v) is 5.87. The van der Waals surface area contributed by atoms with Crippen molar-refractivity contribution in [3.05, 3.63) is 28.2 Å². The Hall–Kier alpha value is -1.11. The van der Waals surface area contributed by atoms with Crippen molar-refractivity contribution in [3.63, 3.8) is 0 Å². The molecule has 0 spiro atoms. The van der Waals surface area contributed by atoms with Gasteiger partial charge in [0.05, 0.1) is 13.2 Å². The molecule has 116 valence electrons. The standard InChI is InChI=1S/C15H22BrN3O2/c1-3-18-9-11-4-5-12(16)8-13(11)19-6-7-21-10-14(19)15(20)17-2/h4-5,8,14,18H,3,6-7,9-10H2,1-2H3,(H,17,20). The Bertz CT molecular complexity index is 496. The van der Waals surface area contributed by atoms with Crippen molar-refractivity contribution in [1.29, 1.82) is 0 Å². The SMILES string of the molecule is CCNCc1ccc(Br)cc1N1CCOCC1C(=O)NC. The normalized spacial score (nSPS) is 18.6. The first-order valence-electron chi connectivity index (χ1n) is 7.22. The van der Waals surface area contributed by atoms with E-state index in [1.54, 1.807) is 7.05 Å². The molecule has 1 amide bonds. The molecule has 1 heterocycles. The van der Waals surface area contributed by atoms with Crippen LogP contribution in [0.3, 0.4) is 0 Å². The second-order valence-electron chi connectivity index (χ2n) is 4.95. The van der Waals surface area contributed by atoms with Gasteiger partial charge in [-0.15, -0.1) is 0 Å². The third-order valence-corrected chi connectivity index (χ3v) is 4.09. The number of hydrogen-bond acceptors (Lipinski definition) is 4. The highest BCUT2D eigenvalue weighted by Gasteiger charge is 2.30. The number of rotatable bonds is 5. The highest BCUT2D eigenvalue weighted by molar-refractivity contribution is 9.10. The molecule has 1 aliphatic rings. The predicted octanol–water partition coefficient (Wildman–Crippen LogP) is 1.51. The van der Waals surface area contributed by atoms with E-state index in [-0.39, 0.29) is 11.9 Å². The van der Waals surface area contributed by atoms with E-state index in [0.717, 1.165) is 23.2 Å². The third kappa shape index (κ3) is 3.96. The Kier molecular flexibility index (Phi) is 6.02. The predicted molar refractivity (Wildman–Crippen MR) is 87.5 cm³/mol. The van der Waals surface area contributed by atoms with E-state index < -0.39 is 0 Å². The summed E-state index contributed by atoms with van der Waals surface area (Å²) in [6.45, 7) is 5.57. The molecule has 0 bridgehead atoms. The number of carbonyl (C=O) groups excluding carboxylic acids is 1. The van der Waals surface area contributed by atoms with Gasteiger partial charge in [0.25, 0.3) is 0 Å². The summed E-state index contributed by atoms with van der Waals surface area (Å²) in [6.07, 6.45) is 0. The van der Waals surface area contributed by atoms with Crippen molar-refractivity contribution in [2.75, 3.05) is 38.3 Å². The van der Waals surface area contributed by atoms with Gasteiger partial charge < -0.3 is 20.3 Å². The lowest BCUT2D eigenvalue weighted by molar-refractivity contribution is -0.124. The topological polar surface area (TPSA) is 53.6 Å². The molecule has 1 fully saturated rings. The first kappa shape index (κ1) is 16.3. The maximum absolute atomic E-state index is 12.1. The minimum absolute atomic E-state index is 0.0101. The first-order valence-corrected chi connectivity index (χ1v) is 8.01. The Morgan fingerprint density at radius 2 is 2.33 bits per heavy atom. The monoisotopic (exact) mass is 355 g/mol. The van der Waals surface area contributed by atoms with Gasteiger partial charge in [0.2, 0.25) is 5.91 Å². The van der Waals surface area contributed by atoms with Crippen LogP contribution in [0.15, 0.2) is 22.7 Å². The van der Waals surface area contributed by atoms with E-state index in [1.165, 1.54) is 5.56 Å². The van der Waals surface area contributed by atoms with Gasteiger partial charge in [-0.2, -0.15) is 0 Å². The molecule has 1 unspecified atom stereocenters. The fourth-order valence-corrected chi connectivity index (χ4v) is 2.84. The van der Waals surface area contributed by atoms with Crippen molar-refractivity contribution in [3.8, 4) is 0 Å². The fourth-order valence-electron chi connectivity index (χ4n) is 2.49. The average molecular weight is 356 g/mol. The highest BCUT2D eigenvalue weighted by Crippen LogP contribution is 2.28. The van der Waals surface area contributed by atoms with Crippen LogP contribution in [0.5, 0.6) is 0 Å². The minimum Gasteiger partial charge on any atom is -0.377 e. The largest absolute Gasteiger partial charge is 0.377 e. The van der Waals surface area contributed by atoms with Gasteiger partial charge in [-0.1, -0.05) is 28.9 Å². The molecule has 1 aliphatic heterocycles. The molecule has 2 N–H and O–H groups in total. The van der Waals surface area contributed by atoms with Gasteiger partial charge in [0.15, 0.2) is 0 Å². The van der Waals surface area contributed by atoms with Crippen LogP contribution < -0.4 is 15.5 Å². The van der Waals surface area contributed by atoms with Crippen molar-refractivity contribution in [2.24, 2.45) is 0 Å². The number of benzene rings is 1. The molecule has 1 aromatic carbocycles. The summed E-state index contributed by atoms with van der Waals surface area (Å²) in [6, 6.07) is 5.93. The average Bonchev–Trinajstić information content (AvgIpc) is 2.53. The number of carbonyl (C=O) groups is 1. The number of nitrogens with one attached hydrogen (secondary N) is 2. The lowest BCUT2D eigenvalue weighted by atomic mass is 10.1. The zero-order valence-electron chi connectivity index (χ0n) is 12.5.